The van der Waals surface area contributed by atoms with E-state index in [1.807, 2.05) is 0 Å². The number of hydrogen-bond acceptors (Lipinski definition) is 3. The second-order valence-corrected chi connectivity index (χ2v) is 6.64. The summed E-state index contributed by atoms with van der Waals surface area (Å²) < 4.78 is 133. The van der Waals surface area contributed by atoms with Gasteiger partial charge in [0.1, 0.15) is 11.3 Å². The van der Waals surface area contributed by atoms with Gasteiger partial charge in [0, 0.05) is 31.1 Å². The number of carbonyl (C=O) groups is 1. The molecule has 0 amide bonds. The number of hydrogen-bond donors (Lipinski definition) is 1. The second-order valence-electron chi connectivity index (χ2n) is 6.64. The first-order valence-corrected chi connectivity index (χ1v) is 8.50. The van der Waals surface area contributed by atoms with Crippen LogP contribution in [0, 0.1) is 30.2 Å². The molecule has 0 aliphatic carbocycles. The number of benzene rings is 2. The normalized spacial score (nSPS) is 12.0. The Morgan fingerprint density at radius 2 is 1.29 bits per heavy atom. The molecule has 0 unspecified atom stereocenters. The summed E-state index contributed by atoms with van der Waals surface area (Å²) in [5.74, 6) is -11.0. The van der Waals surface area contributed by atoms with E-state index in [4.69, 9.17) is 0 Å². The molecule has 1 heterocycles. The molecule has 15 heteroatoms. The van der Waals surface area contributed by atoms with Gasteiger partial charge in [0.15, 0.2) is 29.1 Å². The number of rotatable bonds is 3. The Morgan fingerprint density at radius 3 is 1.71 bits per heavy atom. The van der Waals surface area contributed by atoms with Crippen LogP contribution < -0.4 is 0 Å². The van der Waals surface area contributed by atoms with Crippen molar-refractivity contribution in [3.63, 3.8) is 0 Å². The molecule has 1 aromatic heterocycles. The summed E-state index contributed by atoms with van der Waals surface area (Å²) in [5, 5.41) is 13.6. The molecule has 3 aromatic rings. The van der Waals surface area contributed by atoms with Crippen molar-refractivity contribution in [3.05, 3.63) is 75.5 Å². The monoisotopic (exact) mass is 550 g/mol. The molecule has 3 rings (SSSR count). The summed E-state index contributed by atoms with van der Waals surface area (Å²) in [7, 11) is 0. The maximum absolute atomic E-state index is 14.1. The quantitative estimate of drug-likeness (QED) is 0.196. The predicted octanol–water partition coefficient (Wildman–Crippen LogP) is 5.71. The van der Waals surface area contributed by atoms with Gasteiger partial charge in [0.05, 0.1) is 16.8 Å². The molecule has 4 nitrogen and oxygen atoms in total. The van der Waals surface area contributed by atoms with E-state index in [1.165, 1.54) is 0 Å². The number of ketones is 1. The fraction of sp³-hybridized carbons (Fsp3) is 0.158. The SMILES string of the molecule is Cc1nn(-c2c(F)c(F)cc(F)c2F)c(O)c1C(=O)c1cc(C(F)(F)F)cc(C(F)(F)F)c1.[Zn]. The molecule has 0 spiro atoms. The van der Waals surface area contributed by atoms with Gasteiger partial charge < -0.3 is 5.11 Å². The third kappa shape index (κ3) is 4.79. The summed E-state index contributed by atoms with van der Waals surface area (Å²) in [6.07, 6.45) is -10.6. The Labute approximate surface area is 195 Å². The van der Waals surface area contributed by atoms with E-state index in [1.54, 1.807) is 0 Å². The number of aromatic hydroxyl groups is 1. The molecule has 0 bridgehead atoms. The van der Waals surface area contributed by atoms with Crippen LogP contribution in [0.1, 0.15) is 32.7 Å². The third-order valence-corrected chi connectivity index (χ3v) is 4.41. The second kappa shape index (κ2) is 9.01. The van der Waals surface area contributed by atoms with E-state index in [0.717, 1.165) is 6.92 Å². The van der Waals surface area contributed by atoms with Gasteiger partial charge in [0.2, 0.25) is 5.88 Å². The number of alkyl halides is 6. The molecule has 0 aliphatic heterocycles. The van der Waals surface area contributed by atoms with Crippen molar-refractivity contribution in [3.8, 4) is 11.6 Å². The van der Waals surface area contributed by atoms with Crippen molar-refractivity contribution in [2.45, 2.75) is 19.3 Å². The van der Waals surface area contributed by atoms with Gasteiger partial charge in [-0.05, 0) is 25.1 Å². The number of aromatic nitrogens is 2. The Hall–Kier alpha value is -2.96. The Kier molecular flexibility index (Phi) is 7.23. The van der Waals surface area contributed by atoms with Crippen LogP contribution in [0.2, 0.25) is 0 Å². The van der Waals surface area contributed by atoms with Crippen molar-refractivity contribution in [2.75, 3.05) is 0 Å². The van der Waals surface area contributed by atoms with Crippen LogP contribution in [0.5, 0.6) is 5.88 Å². The fourth-order valence-corrected chi connectivity index (χ4v) is 2.91. The zero-order valence-corrected chi connectivity index (χ0v) is 19.5. The fourth-order valence-electron chi connectivity index (χ4n) is 2.91. The number of carbonyl (C=O) groups excluding carboxylic acids is 1. The van der Waals surface area contributed by atoms with Crippen LogP contribution in [0.15, 0.2) is 24.3 Å². The van der Waals surface area contributed by atoms with Gasteiger partial charge in [-0.1, -0.05) is 0 Å². The summed E-state index contributed by atoms with van der Waals surface area (Å²) in [6, 6.07) is -0.268. The van der Waals surface area contributed by atoms with Gasteiger partial charge in [-0.2, -0.15) is 36.1 Å². The van der Waals surface area contributed by atoms with Crippen LogP contribution >= 0.6 is 0 Å². The zero-order valence-electron chi connectivity index (χ0n) is 16.5. The van der Waals surface area contributed by atoms with Gasteiger partial charge >= 0.3 is 12.4 Å². The largest absolute Gasteiger partial charge is 0.493 e. The zero-order chi connectivity index (χ0) is 25.0. The van der Waals surface area contributed by atoms with Gasteiger partial charge in [-0.3, -0.25) is 4.79 Å². The molecule has 178 valence electrons. The number of halogens is 10. The van der Waals surface area contributed by atoms with Crippen LogP contribution in [-0.4, -0.2) is 20.7 Å². The maximum atomic E-state index is 14.1. The molecular formula is C19H8F10N2O2Zn. The summed E-state index contributed by atoms with van der Waals surface area (Å²) in [4.78, 5) is 12.7. The molecule has 2 aromatic carbocycles. The summed E-state index contributed by atoms with van der Waals surface area (Å²) >= 11 is 0. The Balaban J connectivity index is 0.00000408. The van der Waals surface area contributed by atoms with E-state index < -0.39 is 80.9 Å². The topological polar surface area (TPSA) is 55.1 Å². The van der Waals surface area contributed by atoms with Gasteiger partial charge in [-0.15, -0.1) is 0 Å². The molecule has 0 saturated carbocycles. The van der Waals surface area contributed by atoms with E-state index in [9.17, 15) is 53.8 Å². The smallest absolute Gasteiger partial charge is 0.416 e. The van der Waals surface area contributed by atoms with Crippen molar-refractivity contribution < 1.29 is 73.3 Å². The van der Waals surface area contributed by atoms with Gasteiger partial charge in [-0.25, -0.2) is 17.6 Å². The van der Waals surface area contributed by atoms with E-state index >= 15 is 0 Å². The van der Waals surface area contributed by atoms with Crippen LogP contribution in [-0.2, 0) is 31.8 Å². The first kappa shape index (κ1) is 27.3. The molecule has 0 atom stereocenters. The Bertz CT molecular complexity index is 1220. The van der Waals surface area contributed by atoms with E-state index in [0.29, 0.717) is 0 Å². The first-order chi connectivity index (χ1) is 15.0. The molecule has 0 fully saturated rings. The molecule has 0 aliphatic rings. The molecule has 1 N–H and O–H groups in total. The van der Waals surface area contributed by atoms with Crippen molar-refractivity contribution in [1.82, 2.24) is 9.78 Å². The molecule has 0 radical (unpaired) electrons. The van der Waals surface area contributed by atoms with E-state index in [-0.39, 0.29) is 48.4 Å². The first-order valence-electron chi connectivity index (χ1n) is 8.50. The summed E-state index contributed by atoms with van der Waals surface area (Å²) in [5.41, 5.74) is -8.14. The average molecular weight is 552 g/mol. The average Bonchev–Trinajstić information content (AvgIpc) is 2.98. The minimum Gasteiger partial charge on any atom is -0.493 e. The Morgan fingerprint density at radius 1 is 0.853 bits per heavy atom. The maximum Gasteiger partial charge on any atom is 0.416 e. The number of aryl methyl sites for hydroxylation is 1. The van der Waals surface area contributed by atoms with Crippen molar-refractivity contribution in [1.29, 1.82) is 0 Å². The molecular weight excluding hydrogens is 544 g/mol. The summed E-state index contributed by atoms with van der Waals surface area (Å²) in [6.45, 7) is 0.910. The van der Waals surface area contributed by atoms with Crippen molar-refractivity contribution in [2.24, 2.45) is 0 Å². The van der Waals surface area contributed by atoms with Crippen LogP contribution in [0.4, 0.5) is 43.9 Å². The van der Waals surface area contributed by atoms with Gasteiger partial charge in [0.25, 0.3) is 0 Å². The minimum absolute atomic E-state index is 0. The number of nitrogens with zero attached hydrogens (tertiary/aromatic N) is 2. The van der Waals surface area contributed by atoms with E-state index in [2.05, 4.69) is 5.10 Å². The van der Waals surface area contributed by atoms with Crippen LogP contribution in [0.3, 0.4) is 0 Å². The minimum atomic E-state index is -5.29. The molecule has 0 saturated heterocycles. The van der Waals surface area contributed by atoms with Crippen molar-refractivity contribution >= 4 is 5.78 Å². The van der Waals surface area contributed by atoms with Crippen LogP contribution in [0.25, 0.3) is 5.69 Å². The third-order valence-electron chi connectivity index (χ3n) is 4.41. The predicted molar refractivity (Wildman–Crippen MR) is 89.7 cm³/mol. The molecule has 34 heavy (non-hydrogen) atoms. The standard InChI is InChI=1S/C19H8F10N2O2.Zn/c1-6-12(17(33)31(30-6)15-13(22)10(20)5-11(21)14(15)23)16(32)7-2-8(18(24,25)26)4-9(3-7)19(27,28)29;/h2-5,33H,1H3;.